The number of hydrogen-bond acceptors (Lipinski definition) is 7. The van der Waals surface area contributed by atoms with Crippen LogP contribution < -0.4 is 19.8 Å². The summed E-state index contributed by atoms with van der Waals surface area (Å²) in [5.74, 6) is -1.77. The number of carbonyl (C=O) groups is 3. The number of fused-ring (bicyclic) bond motifs is 3. The van der Waals surface area contributed by atoms with Crippen molar-refractivity contribution in [2.24, 2.45) is 5.92 Å². The summed E-state index contributed by atoms with van der Waals surface area (Å²) in [7, 11) is 1.57. The van der Waals surface area contributed by atoms with Crippen LogP contribution in [0.3, 0.4) is 0 Å². The van der Waals surface area contributed by atoms with Gasteiger partial charge >= 0.3 is 4.87 Å². The van der Waals surface area contributed by atoms with Crippen molar-refractivity contribution in [3.8, 4) is 5.75 Å². The van der Waals surface area contributed by atoms with E-state index in [1.807, 2.05) is 54.6 Å². The molecule has 1 saturated heterocycles. The van der Waals surface area contributed by atoms with Gasteiger partial charge in [0.25, 0.3) is 0 Å². The largest absolute Gasteiger partial charge is 0.497 e. The Morgan fingerprint density at radius 2 is 1.64 bits per heavy atom. The average molecular weight is 642 g/mol. The third-order valence-electron chi connectivity index (χ3n) is 7.94. The lowest BCUT2D eigenvalue weighted by Crippen LogP contribution is -2.33. The molecule has 0 radical (unpaired) electrons. The van der Waals surface area contributed by atoms with E-state index in [1.54, 1.807) is 43.5 Å². The van der Waals surface area contributed by atoms with E-state index in [0.29, 0.717) is 32.1 Å². The monoisotopic (exact) mass is 641 g/mol. The maximum Gasteiger partial charge on any atom is 0.308 e. The number of nitrogens with zero attached hydrogens (tertiary/aromatic N) is 2. The molecule has 4 aromatic carbocycles. The summed E-state index contributed by atoms with van der Waals surface area (Å²) in [6.45, 7) is -0.236. The number of imide groups is 1. The Labute approximate surface area is 265 Å². The molecule has 2 aliphatic rings. The van der Waals surface area contributed by atoms with Crippen molar-refractivity contribution in [2.75, 3.05) is 17.3 Å². The Bertz CT molecular complexity index is 2010. The minimum absolute atomic E-state index is 0.236. The number of thioether (sulfide) groups is 1. The summed E-state index contributed by atoms with van der Waals surface area (Å²) in [6.07, 6.45) is 0. The van der Waals surface area contributed by atoms with E-state index in [4.69, 9.17) is 16.3 Å². The Morgan fingerprint density at radius 3 is 2.36 bits per heavy atom. The van der Waals surface area contributed by atoms with E-state index < -0.39 is 17.1 Å². The fourth-order valence-electron chi connectivity index (χ4n) is 5.88. The summed E-state index contributed by atoms with van der Waals surface area (Å²) in [5.41, 5.74) is 1.82. The lowest BCUT2D eigenvalue weighted by Gasteiger charge is -2.30. The third kappa shape index (κ3) is 4.89. The molecule has 1 N–H and O–H groups in total. The fraction of sp³-hybridized carbons (Fsp3) is 0.152. The van der Waals surface area contributed by atoms with Gasteiger partial charge in [0.15, 0.2) is 0 Å². The lowest BCUT2D eigenvalue weighted by molar-refractivity contribution is -0.122. The first-order chi connectivity index (χ1) is 21.3. The highest BCUT2D eigenvalue weighted by molar-refractivity contribution is 8.00. The number of amides is 3. The van der Waals surface area contributed by atoms with Crippen LogP contribution in [0.4, 0.5) is 11.4 Å². The smallest absolute Gasteiger partial charge is 0.308 e. The molecule has 2 aliphatic heterocycles. The molecule has 11 heteroatoms. The molecule has 0 saturated carbocycles. The standard InChI is InChI=1S/C33H24ClN3O5S2/c1-42-24-14-7-19(8-15-24)26-27-28(31(40)37(30(27)39)23-12-9-21(34)10-13-23)43-32-29(26)44-33(41)36(32)17-25(38)35-22-11-6-18-4-2-3-5-20(18)16-22/h2-16,26-28H,17H2,1H3,(H,35,38)/t26-,27?,28?/m1/s1. The van der Waals surface area contributed by atoms with Crippen LogP contribution in [0.25, 0.3) is 10.8 Å². The first-order valence-electron chi connectivity index (χ1n) is 13.8. The maximum absolute atomic E-state index is 14.0. The van der Waals surface area contributed by atoms with Crippen LogP contribution in [0.15, 0.2) is 101 Å². The van der Waals surface area contributed by atoms with Crippen LogP contribution >= 0.6 is 34.7 Å². The second-order valence-electron chi connectivity index (χ2n) is 10.5. The van der Waals surface area contributed by atoms with Gasteiger partial charge in [-0.2, -0.15) is 0 Å². The molecule has 1 fully saturated rings. The van der Waals surface area contributed by atoms with Crippen molar-refractivity contribution in [3.63, 3.8) is 0 Å². The Morgan fingerprint density at radius 1 is 0.909 bits per heavy atom. The van der Waals surface area contributed by atoms with Crippen molar-refractivity contribution in [1.29, 1.82) is 0 Å². The van der Waals surface area contributed by atoms with E-state index in [2.05, 4.69) is 5.32 Å². The molecule has 0 aliphatic carbocycles. The zero-order chi connectivity index (χ0) is 30.5. The Hall–Kier alpha value is -4.38. The maximum atomic E-state index is 14.0. The normalized spacial score (nSPS) is 19.1. The Kier molecular flexibility index (Phi) is 7.28. The molecule has 5 aromatic rings. The number of methoxy groups -OCH3 is 1. The van der Waals surface area contributed by atoms with Gasteiger partial charge in [-0.25, -0.2) is 4.90 Å². The van der Waals surface area contributed by atoms with Gasteiger partial charge in [-0.05, 0) is 64.9 Å². The molecule has 1 aromatic heterocycles. The number of thiazole rings is 1. The molecule has 3 heterocycles. The quantitative estimate of drug-likeness (QED) is 0.223. The van der Waals surface area contributed by atoms with Crippen molar-refractivity contribution in [3.05, 3.63) is 116 Å². The number of nitrogens with one attached hydrogen (secondary N) is 1. The first kappa shape index (κ1) is 28.4. The van der Waals surface area contributed by atoms with Crippen molar-refractivity contribution in [2.45, 2.75) is 22.7 Å². The van der Waals surface area contributed by atoms with E-state index in [1.165, 1.54) is 21.2 Å². The first-order valence-corrected chi connectivity index (χ1v) is 15.9. The van der Waals surface area contributed by atoms with Crippen LogP contribution in [0.1, 0.15) is 16.4 Å². The van der Waals surface area contributed by atoms with E-state index in [0.717, 1.165) is 27.7 Å². The Balaban J connectivity index is 1.26. The highest BCUT2D eigenvalue weighted by Gasteiger charge is 2.56. The van der Waals surface area contributed by atoms with Crippen LogP contribution in [0.2, 0.25) is 5.02 Å². The van der Waals surface area contributed by atoms with Gasteiger partial charge in [-0.15, -0.1) is 0 Å². The fourth-order valence-corrected chi connectivity index (χ4v) is 8.78. The van der Waals surface area contributed by atoms with Crippen molar-refractivity contribution < 1.29 is 19.1 Å². The molecule has 44 heavy (non-hydrogen) atoms. The van der Waals surface area contributed by atoms with Crippen LogP contribution in [-0.2, 0) is 20.9 Å². The number of rotatable bonds is 6. The molecular formula is C33H24ClN3O5S2. The molecule has 3 atom stereocenters. The van der Waals surface area contributed by atoms with E-state index in [-0.39, 0.29) is 29.1 Å². The number of carbonyl (C=O) groups excluding carboxylic acids is 3. The molecule has 0 spiro atoms. The molecule has 2 unspecified atom stereocenters. The van der Waals surface area contributed by atoms with E-state index >= 15 is 0 Å². The predicted octanol–water partition coefficient (Wildman–Crippen LogP) is 6.16. The predicted molar refractivity (Wildman–Crippen MR) is 173 cm³/mol. The van der Waals surface area contributed by atoms with Gasteiger partial charge in [0, 0.05) is 21.5 Å². The highest BCUT2D eigenvalue weighted by Crippen LogP contribution is 2.54. The van der Waals surface area contributed by atoms with Crippen LogP contribution in [0.5, 0.6) is 5.75 Å². The summed E-state index contributed by atoms with van der Waals surface area (Å²) in [6, 6.07) is 27.3. The van der Waals surface area contributed by atoms with Gasteiger partial charge in [0.05, 0.1) is 23.7 Å². The van der Waals surface area contributed by atoms with Crippen molar-refractivity contribution >= 4 is 74.6 Å². The zero-order valence-electron chi connectivity index (χ0n) is 23.2. The molecule has 0 bridgehead atoms. The van der Waals surface area contributed by atoms with Crippen LogP contribution in [-0.4, -0.2) is 34.6 Å². The number of ether oxygens (including phenoxy) is 1. The SMILES string of the molecule is COc1ccc([C@H]2c3sc(=O)n(CC(=O)Nc4ccc5ccccc5c4)c3SC3C(=O)N(c4ccc(Cl)cc4)C(=O)C32)cc1. The molecular weight excluding hydrogens is 618 g/mol. The minimum atomic E-state index is -0.790. The second-order valence-corrected chi connectivity index (χ2v) is 13.1. The van der Waals surface area contributed by atoms with E-state index in [9.17, 15) is 19.2 Å². The molecule has 220 valence electrons. The third-order valence-corrected chi connectivity index (χ3v) is 10.8. The molecule has 8 nitrogen and oxygen atoms in total. The lowest BCUT2D eigenvalue weighted by atomic mass is 9.83. The minimum Gasteiger partial charge on any atom is -0.497 e. The van der Waals surface area contributed by atoms with Crippen LogP contribution in [0, 0.1) is 5.92 Å². The summed E-state index contributed by atoms with van der Waals surface area (Å²) >= 11 is 8.25. The molecule has 3 amide bonds. The number of anilines is 2. The molecule has 7 rings (SSSR count). The van der Waals surface area contributed by atoms with Gasteiger partial charge in [0.1, 0.15) is 17.5 Å². The second kappa shape index (κ2) is 11.3. The summed E-state index contributed by atoms with van der Waals surface area (Å²) < 4.78 is 6.75. The van der Waals surface area contributed by atoms with Gasteiger partial charge in [-0.1, -0.05) is 77.2 Å². The number of aromatic nitrogens is 1. The number of benzene rings is 4. The topological polar surface area (TPSA) is 97.7 Å². The average Bonchev–Trinajstić information content (AvgIpc) is 3.47. The number of halogens is 1. The highest BCUT2D eigenvalue weighted by atomic mass is 35.5. The zero-order valence-corrected chi connectivity index (χ0v) is 25.6. The van der Waals surface area contributed by atoms with Gasteiger partial charge < -0.3 is 10.1 Å². The van der Waals surface area contributed by atoms with Gasteiger partial charge in [-0.3, -0.25) is 23.7 Å². The summed E-state index contributed by atoms with van der Waals surface area (Å²) in [5, 5.41) is 5.15. The van der Waals surface area contributed by atoms with Crippen molar-refractivity contribution in [1.82, 2.24) is 4.57 Å². The summed E-state index contributed by atoms with van der Waals surface area (Å²) in [4.78, 5) is 56.1. The van der Waals surface area contributed by atoms with Gasteiger partial charge in [0.2, 0.25) is 17.7 Å². The number of hydrogen-bond donors (Lipinski definition) is 1.